The molecule has 1 aromatic heterocycles. The van der Waals surface area contributed by atoms with Crippen molar-refractivity contribution >= 4 is 58.3 Å². The Balaban J connectivity index is 0.914. The predicted octanol–water partition coefficient (Wildman–Crippen LogP) is 5.58. The third kappa shape index (κ3) is 8.84. The molecule has 0 spiro atoms. The predicted molar refractivity (Wildman–Crippen MR) is 220 cm³/mol. The minimum atomic E-state index is -0.897. The number of carboxylic acids is 1. The van der Waals surface area contributed by atoms with Gasteiger partial charge in [0.2, 0.25) is 0 Å². The summed E-state index contributed by atoms with van der Waals surface area (Å²) in [5.41, 5.74) is 2.46. The third-order valence-electron chi connectivity index (χ3n) is 10.8. The molecule has 0 unspecified atom stereocenters. The Morgan fingerprint density at radius 3 is 2.48 bits per heavy atom. The lowest BCUT2D eigenvalue weighted by Crippen LogP contribution is -2.53. The number of carbonyl (C=O) groups excluding carboxylic acids is 3. The van der Waals surface area contributed by atoms with Gasteiger partial charge in [-0.05, 0) is 67.1 Å². The number of benzene rings is 3. The summed E-state index contributed by atoms with van der Waals surface area (Å²) < 4.78 is 31.0. The highest BCUT2D eigenvalue weighted by Crippen LogP contribution is 2.37. The van der Waals surface area contributed by atoms with Crippen LogP contribution in [0.25, 0.3) is 0 Å². The summed E-state index contributed by atoms with van der Waals surface area (Å²) in [5, 5.41) is 14.9. The van der Waals surface area contributed by atoms with E-state index in [1.165, 1.54) is 36.6 Å². The molecule has 312 valence electrons. The van der Waals surface area contributed by atoms with Gasteiger partial charge < -0.3 is 34.4 Å². The van der Waals surface area contributed by atoms with Gasteiger partial charge in [-0.15, -0.1) is 11.3 Å². The molecule has 18 heteroatoms. The van der Waals surface area contributed by atoms with Gasteiger partial charge in [-0.3, -0.25) is 24.4 Å². The first kappa shape index (κ1) is 40.9. The number of piperazine rings is 1. The number of carboxylic acid groups (broad SMARTS) is 1. The van der Waals surface area contributed by atoms with Crippen molar-refractivity contribution in [2.24, 2.45) is 4.99 Å². The first-order valence-corrected chi connectivity index (χ1v) is 20.6. The van der Waals surface area contributed by atoms with Crippen molar-refractivity contribution in [3.8, 4) is 11.5 Å². The van der Waals surface area contributed by atoms with Gasteiger partial charge in [-0.25, -0.2) is 19.0 Å². The zero-order valence-corrected chi connectivity index (χ0v) is 34.0. The number of hydrogen-bond donors (Lipinski definition) is 2. The van der Waals surface area contributed by atoms with Crippen molar-refractivity contribution in [2.45, 2.75) is 31.0 Å². The first-order valence-electron chi connectivity index (χ1n) is 19.4. The van der Waals surface area contributed by atoms with E-state index in [9.17, 15) is 23.6 Å². The maximum Gasteiger partial charge on any atom is 0.338 e. The van der Waals surface area contributed by atoms with E-state index in [0.29, 0.717) is 98.0 Å². The molecule has 3 saturated heterocycles. The third-order valence-corrected chi connectivity index (χ3v) is 11.9. The van der Waals surface area contributed by atoms with Crippen LogP contribution in [0.5, 0.6) is 11.5 Å². The highest BCUT2D eigenvalue weighted by molar-refractivity contribution is 7.11. The van der Waals surface area contributed by atoms with E-state index >= 15 is 0 Å². The Labute approximate surface area is 353 Å². The monoisotopic (exact) mass is 857 g/mol. The molecule has 3 aromatic carbocycles. The summed E-state index contributed by atoms with van der Waals surface area (Å²) in [7, 11) is 1.30. The topological polar surface area (TPSA) is 166 Å². The smallest absolute Gasteiger partial charge is 0.338 e. The standard InChI is InChI=1S/C42H41ClFN7O8S/c1-57-41(55)36-34(46-38(39-45-14-19-60-39)47-37(36)32-12-4-26(44)20-33(32)43)24-48-15-16-50-28(21-48)22-51(42(50)56)27-5-9-30(10-6-27)59-29-7-2-25(3-8-29)40(54)49-17-18-58-31(23-49)11-13-35(52)53/h2-10,12,14,19-20,28,31,37H,11,13,15-18,21-24H2,1H3,(H,46,47)(H,52,53)/t28-,31+,37-/m0/s1. The summed E-state index contributed by atoms with van der Waals surface area (Å²) >= 11 is 7.90. The minimum Gasteiger partial charge on any atom is -0.481 e. The Kier molecular flexibility index (Phi) is 12.1. The molecule has 0 saturated carbocycles. The number of nitrogens with zero attached hydrogens (tertiary/aromatic N) is 6. The fraction of sp³-hybridized carbons (Fsp3) is 0.333. The van der Waals surface area contributed by atoms with Gasteiger partial charge in [0.15, 0.2) is 10.8 Å². The molecule has 4 aliphatic heterocycles. The average molecular weight is 858 g/mol. The van der Waals surface area contributed by atoms with Gasteiger partial charge in [-0.1, -0.05) is 17.7 Å². The molecule has 0 aliphatic carbocycles. The summed E-state index contributed by atoms with van der Waals surface area (Å²) in [6.45, 7) is 3.42. The van der Waals surface area contributed by atoms with Gasteiger partial charge in [0, 0.05) is 91.3 Å². The fourth-order valence-electron chi connectivity index (χ4n) is 7.86. The second-order valence-corrected chi connectivity index (χ2v) is 16.0. The van der Waals surface area contributed by atoms with E-state index in [1.54, 1.807) is 52.4 Å². The molecule has 2 N–H and O–H groups in total. The van der Waals surface area contributed by atoms with E-state index in [1.807, 2.05) is 22.4 Å². The number of aliphatic imine (C=N–C) groups is 1. The number of methoxy groups -OCH3 is 1. The van der Waals surface area contributed by atoms with Crippen LogP contribution in [0.2, 0.25) is 5.02 Å². The van der Waals surface area contributed by atoms with Gasteiger partial charge in [0.1, 0.15) is 23.4 Å². The fourth-order valence-corrected chi connectivity index (χ4v) is 8.72. The number of carbonyl (C=O) groups is 4. The second kappa shape index (κ2) is 17.8. The number of anilines is 1. The van der Waals surface area contributed by atoms with Crippen molar-refractivity contribution in [1.29, 1.82) is 0 Å². The van der Waals surface area contributed by atoms with Gasteiger partial charge >= 0.3 is 18.0 Å². The zero-order valence-electron chi connectivity index (χ0n) is 32.5. The molecular formula is C42H41ClFN7O8S. The Hall–Kier alpha value is -5.88. The second-order valence-electron chi connectivity index (χ2n) is 14.7. The molecule has 0 bridgehead atoms. The number of urea groups is 1. The van der Waals surface area contributed by atoms with E-state index in [-0.39, 0.29) is 41.1 Å². The number of amides is 3. The lowest BCUT2D eigenvalue weighted by molar-refractivity contribution is -0.138. The van der Waals surface area contributed by atoms with Gasteiger partial charge in [0.05, 0.1) is 31.4 Å². The van der Waals surface area contributed by atoms with Crippen LogP contribution < -0.4 is 15.0 Å². The zero-order chi connectivity index (χ0) is 41.9. The lowest BCUT2D eigenvalue weighted by atomic mass is 9.95. The van der Waals surface area contributed by atoms with Crippen molar-refractivity contribution in [1.82, 2.24) is 25.0 Å². The molecule has 0 radical (unpaired) electrons. The highest BCUT2D eigenvalue weighted by Gasteiger charge is 2.42. The van der Waals surface area contributed by atoms with Crippen LogP contribution in [0, 0.1) is 5.82 Å². The molecular weight excluding hydrogens is 817 g/mol. The largest absolute Gasteiger partial charge is 0.481 e. The molecule has 60 heavy (non-hydrogen) atoms. The van der Waals surface area contributed by atoms with Crippen molar-refractivity contribution in [3.63, 3.8) is 0 Å². The normalized spacial score (nSPS) is 20.7. The molecule has 5 heterocycles. The van der Waals surface area contributed by atoms with Crippen LogP contribution >= 0.6 is 22.9 Å². The average Bonchev–Trinajstić information content (AvgIpc) is 3.91. The van der Waals surface area contributed by atoms with E-state index in [4.69, 9.17) is 35.9 Å². The molecule has 3 atom stereocenters. The Morgan fingerprint density at radius 1 is 1.02 bits per heavy atom. The number of morpholine rings is 1. The number of nitrogens with one attached hydrogen (secondary N) is 1. The van der Waals surface area contributed by atoms with Gasteiger partial charge in [-0.2, -0.15) is 0 Å². The summed E-state index contributed by atoms with van der Waals surface area (Å²) in [4.78, 5) is 67.9. The maximum absolute atomic E-state index is 14.1. The number of aliphatic carboxylic acids is 1. The number of hydrogen-bond acceptors (Lipinski definition) is 12. The van der Waals surface area contributed by atoms with E-state index in [2.05, 4.69) is 15.2 Å². The SMILES string of the molecule is COC(=O)C1=C(CN2CCN3C(=O)N(c4ccc(Oc5ccc(C(=O)N6CCO[C@H](CCC(=O)O)C6)cc5)cc4)C[C@@H]3C2)NC(c2nccs2)=N[C@H]1c1ccc(F)cc1Cl. The van der Waals surface area contributed by atoms with Crippen LogP contribution in [0.1, 0.15) is 39.8 Å². The number of esters is 1. The first-order chi connectivity index (χ1) is 29.0. The van der Waals surface area contributed by atoms with Crippen LogP contribution in [-0.2, 0) is 19.1 Å². The molecule has 8 rings (SSSR count). The highest BCUT2D eigenvalue weighted by atomic mass is 35.5. The molecule has 3 fully saturated rings. The number of amidine groups is 1. The number of thiazole rings is 1. The van der Waals surface area contributed by atoms with Crippen molar-refractivity contribution in [3.05, 3.63) is 117 Å². The van der Waals surface area contributed by atoms with Crippen molar-refractivity contribution < 1.29 is 42.9 Å². The number of fused-ring (bicyclic) bond motifs is 1. The molecule has 3 amide bonds. The Bertz CT molecular complexity index is 2330. The molecule has 15 nitrogen and oxygen atoms in total. The molecule has 4 aromatic rings. The lowest BCUT2D eigenvalue weighted by Gasteiger charge is -2.38. The van der Waals surface area contributed by atoms with Crippen LogP contribution in [-0.4, -0.2) is 126 Å². The summed E-state index contributed by atoms with van der Waals surface area (Å²) in [6, 6.07) is 16.9. The Morgan fingerprint density at radius 2 is 1.78 bits per heavy atom. The molecule has 4 aliphatic rings. The summed E-state index contributed by atoms with van der Waals surface area (Å²) in [6.07, 6.45) is 1.67. The quantitative estimate of drug-likeness (QED) is 0.171. The van der Waals surface area contributed by atoms with Crippen LogP contribution in [0.3, 0.4) is 0 Å². The van der Waals surface area contributed by atoms with Crippen LogP contribution in [0.4, 0.5) is 14.9 Å². The van der Waals surface area contributed by atoms with E-state index in [0.717, 1.165) is 5.69 Å². The van der Waals surface area contributed by atoms with Gasteiger partial charge in [0.25, 0.3) is 5.91 Å². The maximum atomic E-state index is 14.1. The van der Waals surface area contributed by atoms with Crippen molar-refractivity contribution in [2.75, 3.05) is 64.4 Å². The number of aromatic nitrogens is 1. The van der Waals surface area contributed by atoms with Crippen LogP contribution in [0.15, 0.2) is 94.6 Å². The summed E-state index contributed by atoms with van der Waals surface area (Å²) in [5.74, 6) is -0.626. The number of ether oxygens (including phenoxy) is 3. The van der Waals surface area contributed by atoms with E-state index < -0.39 is 23.8 Å². The minimum absolute atomic E-state index is 0.0169. The number of halogens is 2. The number of rotatable bonds is 12.